The Bertz CT molecular complexity index is 991. The maximum Gasteiger partial charge on any atom is 0.238 e. The second-order valence-corrected chi connectivity index (χ2v) is 8.54. The highest BCUT2D eigenvalue weighted by Gasteiger charge is 2.23. The zero-order valence-corrected chi connectivity index (χ0v) is 20.6. The van der Waals surface area contributed by atoms with E-state index in [9.17, 15) is 9.18 Å². The van der Waals surface area contributed by atoms with Gasteiger partial charge in [-0.15, -0.1) is 0 Å². The third-order valence-electron chi connectivity index (χ3n) is 6.22. The van der Waals surface area contributed by atoms with Gasteiger partial charge in [0.25, 0.3) is 0 Å². The van der Waals surface area contributed by atoms with Crippen molar-refractivity contribution in [2.45, 2.75) is 13.8 Å². The molecule has 2 fully saturated rings. The van der Waals surface area contributed by atoms with Crippen LogP contribution in [0.3, 0.4) is 0 Å². The number of anilines is 3. The Morgan fingerprint density at radius 2 is 1.57 bits per heavy atom. The molecular weight excluding hydrogens is 451 g/mol. The first-order valence-electron chi connectivity index (χ1n) is 12.4. The number of nitrogens with one attached hydrogen (secondary N) is 1. The lowest BCUT2D eigenvalue weighted by atomic mass is 10.2. The molecule has 2 aromatic carbocycles. The first-order valence-corrected chi connectivity index (χ1v) is 12.4. The van der Waals surface area contributed by atoms with Gasteiger partial charge in [-0.25, -0.2) is 4.39 Å². The summed E-state index contributed by atoms with van der Waals surface area (Å²) in [6.07, 6.45) is 0. The lowest BCUT2D eigenvalue weighted by molar-refractivity contribution is -0.117. The molecule has 0 atom stereocenters. The van der Waals surface area contributed by atoms with Crippen molar-refractivity contribution in [2.75, 3.05) is 87.4 Å². The molecule has 4 rings (SSSR count). The average Bonchev–Trinajstić information content (AvgIpc) is 2.87. The zero-order chi connectivity index (χ0) is 24.6. The Balaban J connectivity index is 1.41. The molecule has 2 aliphatic heterocycles. The van der Waals surface area contributed by atoms with Gasteiger partial charge >= 0.3 is 0 Å². The molecule has 1 N–H and O–H groups in total. The van der Waals surface area contributed by atoms with Crippen molar-refractivity contribution in [2.24, 2.45) is 0 Å². The van der Waals surface area contributed by atoms with Crippen LogP contribution in [0, 0.1) is 5.82 Å². The number of morpholine rings is 1. The van der Waals surface area contributed by atoms with Crippen molar-refractivity contribution >= 4 is 23.0 Å². The SMILES string of the molecule is CCOc1cc(N2CCOCC2)c(OCC)cc1NC(=O)CN1CCN(c2ccccc2F)CC1. The van der Waals surface area contributed by atoms with Crippen LogP contribution in [0.25, 0.3) is 0 Å². The van der Waals surface area contributed by atoms with Gasteiger partial charge in [0.1, 0.15) is 17.3 Å². The molecule has 2 saturated heterocycles. The first-order chi connectivity index (χ1) is 17.1. The Labute approximate surface area is 206 Å². The normalized spacial score (nSPS) is 16.8. The molecule has 8 nitrogen and oxygen atoms in total. The van der Waals surface area contributed by atoms with E-state index in [0.29, 0.717) is 75.5 Å². The second kappa shape index (κ2) is 12.1. The van der Waals surface area contributed by atoms with E-state index in [-0.39, 0.29) is 18.3 Å². The molecule has 2 aromatic rings. The van der Waals surface area contributed by atoms with Crippen molar-refractivity contribution in [3.8, 4) is 11.5 Å². The van der Waals surface area contributed by atoms with Gasteiger partial charge in [0.15, 0.2) is 0 Å². The number of benzene rings is 2. The van der Waals surface area contributed by atoms with E-state index in [4.69, 9.17) is 14.2 Å². The van der Waals surface area contributed by atoms with Crippen molar-refractivity contribution < 1.29 is 23.4 Å². The Morgan fingerprint density at radius 1 is 0.914 bits per heavy atom. The van der Waals surface area contributed by atoms with Crippen molar-refractivity contribution in [3.63, 3.8) is 0 Å². The third-order valence-corrected chi connectivity index (χ3v) is 6.22. The molecule has 9 heteroatoms. The summed E-state index contributed by atoms with van der Waals surface area (Å²) in [5.41, 5.74) is 2.16. The monoisotopic (exact) mass is 486 g/mol. The number of halogens is 1. The number of hydrogen-bond acceptors (Lipinski definition) is 7. The van der Waals surface area contributed by atoms with Crippen molar-refractivity contribution in [1.82, 2.24) is 4.90 Å². The molecule has 190 valence electrons. The van der Waals surface area contributed by atoms with Crippen LogP contribution >= 0.6 is 0 Å². The average molecular weight is 487 g/mol. The molecule has 0 bridgehead atoms. The molecule has 1 amide bonds. The molecule has 0 aromatic heterocycles. The maximum atomic E-state index is 14.1. The number of nitrogens with zero attached hydrogens (tertiary/aromatic N) is 3. The predicted molar refractivity (Wildman–Crippen MR) is 135 cm³/mol. The summed E-state index contributed by atoms with van der Waals surface area (Å²) in [5, 5.41) is 3.02. The van der Waals surface area contributed by atoms with E-state index in [0.717, 1.165) is 18.8 Å². The summed E-state index contributed by atoms with van der Waals surface area (Å²) in [6.45, 7) is 10.7. The molecule has 35 heavy (non-hydrogen) atoms. The number of piperazine rings is 1. The summed E-state index contributed by atoms with van der Waals surface area (Å²) >= 11 is 0. The van der Waals surface area contributed by atoms with Gasteiger partial charge in [-0.2, -0.15) is 0 Å². The molecule has 2 heterocycles. The Hall–Kier alpha value is -3.04. The highest BCUT2D eigenvalue weighted by atomic mass is 19.1. The number of para-hydroxylation sites is 1. The fourth-order valence-electron chi connectivity index (χ4n) is 4.49. The maximum absolute atomic E-state index is 14.1. The Morgan fingerprint density at radius 3 is 2.26 bits per heavy atom. The molecule has 0 spiro atoms. The van der Waals surface area contributed by atoms with Gasteiger partial charge in [0.05, 0.1) is 50.0 Å². The van der Waals surface area contributed by atoms with Gasteiger partial charge in [-0.05, 0) is 26.0 Å². The number of carbonyl (C=O) groups is 1. The van der Waals surface area contributed by atoms with Gasteiger partial charge in [-0.3, -0.25) is 9.69 Å². The van der Waals surface area contributed by atoms with Crippen molar-refractivity contribution in [1.29, 1.82) is 0 Å². The Kier molecular flexibility index (Phi) is 8.65. The first kappa shape index (κ1) is 25.1. The number of carbonyl (C=O) groups excluding carboxylic acids is 1. The largest absolute Gasteiger partial charge is 0.492 e. The summed E-state index contributed by atoms with van der Waals surface area (Å²) in [7, 11) is 0. The van der Waals surface area contributed by atoms with Crippen LogP contribution < -0.4 is 24.6 Å². The smallest absolute Gasteiger partial charge is 0.238 e. The summed E-state index contributed by atoms with van der Waals surface area (Å²) < 4.78 is 31.4. The third kappa shape index (κ3) is 6.35. The van der Waals surface area contributed by atoms with Crippen LogP contribution in [0.2, 0.25) is 0 Å². The fraction of sp³-hybridized carbons (Fsp3) is 0.500. The highest BCUT2D eigenvalue weighted by Crippen LogP contribution is 2.39. The van der Waals surface area contributed by atoms with E-state index in [1.54, 1.807) is 12.1 Å². The molecule has 0 radical (unpaired) electrons. The van der Waals surface area contributed by atoms with E-state index in [1.807, 2.05) is 36.9 Å². The highest BCUT2D eigenvalue weighted by molar-refractivity contribution is 5.94. The quantitative estimate of drug-likeness (QED) is 0.584. The lowest BCUT2D eigenvalue weighted by Crippen LogP contribution is -2.48. The van der Waals surface area contributed by atoms with E-state index in [2.05, 4.69) is 15.1 Å². The molecular formula is C26H35FN4O4. The topological polar surface area (TPSA) is 66.5 Å². The number of rotatable bonds is 9. The van der Waals surface area contributed by atoms with Crippen LogP contribution in [0.1, 0.15) is 13.8 Å². The predicted octanol–water partition coefficient (Wildman–Crippen LogP) is 3.22. The van der Waals surface area contributed by atoms with E-state index >= 15 is 0 Å². The molecule has 0 aliphatic carbocycles. The van der Waals surface area contributed by atoms with Gasteiger partial charge in [-0.1, -0.05) is 12.1 Å². The minimum absolute atomic E-state index is 0.119. The molecule has 2 aliphatic rings. The van der Waals surface area contributed by atoms with Crippen LogP contribution in [0.15, 0.2) is 36.4 Å². The minimum atomic E-state index is -0.215. The number of amides is 1. The number of ether oxygens (including phenoxy) is 3. The summed E-state index contributed by atoms with van der Waals surface area (Å²) in [5.74, 6) is 1.00. The summed E-state index contributed by atoms with van der Waals surface area (Å²) in [4.78, 5) is 19.3. The lowest BCUT2D eigenvalue weighted by Gasteiger charge is -2.35. The second-order valence-electron chi connectivity index (χ2n) is 8.54. The van der Waals surface area contributed by atoms with E-state index < -0.39 is 0 Å². The van der Waals surface area contributed by atoms with Crippen LogP contribution in [0.4, 0.5) is 21.5 Å². The molecule has 0 unspecified atom stereocenters. The zero-order valence-electron chi connectivity index (χ0n) is 20.6. The van der Waals surface area contributed by atoms with E-state index in [1.165, 1.54) is 6.07 Å². The van der Waals surface area contributed by atoms with Crippen LogP contribution in [0.5, 0.6) is 11.5 Å². The van der Waals surface area contributed by atoms with Gasteiger partial charge in [0.2, 0.25) is 5.91 Å². The van der Waals surface area contributed by atoms with Crippen LogP contribution in [-0.4, -0.2) is 83.0 Å². The molecule has 0 saturated carbocycles. The van der Waals surface area contributed by atoms with Crippen molar-refractivity contribution in [3.05, 3.63) is 42.2 Å². The standard InChI is InChI=1S/C26H35FN4O4/c1-3-34-24-18-23(31-13-15-33-16-14-31)25(35-4-2)17-21(24)28-26(32)19-29-9-11-30(12-10-29)22-8-6-5-7-20(22)27/h5-8,17-18H,3-4,9-16,19H2,1-2H3,(H,28,32). The van der Waals surface area contributed by atoms with Gasteiger partial charge < -0.3 is 29.3 Å². The summed E-state index contributed by atoms with van der Waals surface area (Å²) in [6, 6.07) is 10.6. The fourth-order valence-corrected chi connectivity index (χ4v) is 4.49. The van der Waals surface area contributed by atoms with Gasteiger partial charge in [0, 0.05) is 51.4 Å². The number of hydrogen-bond donors (Lipinski definition) is 1. The van der Waals surface area contributed by atoms with Crippen LogP contribution in [-0.2, 0) is 9.53 Å². The minimum Gasteiger partial charge on any atom is -0.492 e.